The van der Waals surface area contributed by atoms with Gasteiger partial charge in [-0.25, -0.2) is 0 Å². The number of halogens is 1. The van der Waals surface area contributed by atoms with Crippen LogP contribution in [0.25, 0.3) is 10.8 Å². The second-order valence-electron chi connectivity index (χ2n) is 4.81. The van der Waals surface area contributed by atoms with Crippen molar-refractivity contribution < 1.29 is 9.47 Å². The van der Waals surface area contributed by atoms with E-state index >= 15 is 0 Å². The van der Waals surface area contributed by atoms with E-state index < -0.39 is 0 Å². The number of alkyl halides is 1. The molecule has 0 radical (unpaired) electrons. The van der Waals surface area contributed by atoms with Crippen molar-refractivity contribution in [3.8, 4) is 11.5 Å². The van der Waals surface area contributed by atoms with Gasteiger partial charge >= 0.3 is 0 Å². The Kier molecular flexibility index (Phi) is 5.54. The second kappa shape index (κ2) is 7.39. The molecule has 2 aromatic rings. The summed E-state index contributed by atoms with van der Waals surface area (Å²) < 4.78 is 11.8. The molecule has 0 unspecified atom stereocenters. The maximum atomic E-state index is 5.90. The van der Waals surface area contributed by atoms with Crippen LogP contribution < -0.4 is 9.47 Å². The number of fused-ring (bicyclic) bond motifs is 1. The van der Waals surface area contributed by atoms with Crippen LogP contribution in [-0.2, 0) is 0 Å². The van der Waals surface area contributed by atoms with Crippen molar-refractivity contribution in [3.05, 3.63) is 35.9 Å². The topological polar surface area (TPSA) is 18.5 Å². The van der Waals surface area contributed by atoms with Gasteiger partial charge in [-0.2, -0.15) is 0 Å². The van der Waals surface area contributed by atoms with Crippen LogP contribution in [0.4, 0.5) is 0 Å². The Morgan fingerprint density at radius 1 is 1.05 bits per heavy atom. The molecule has 0 amide bonds. The predicted molar refractivity (Wildman–Crippen MR) is 85.3 cm³/mol. The first-order chi connectivity index (χ1) is 9.77. The number of benzene rings is 2. The number of ether oxygens (including phenoxy) is 2. The summed E-state index contributed by atoms with van der Waals surface area (Å²) in [6, 6.07) is 10.3. The van der Waals surface area contributed by atoms with Crippen LogP contribution >= 0.6 is 11.6 Å². The molecule has 3 heteroatoms. The molecule has 0 spiro atoms. The molecule has 0 aliphatic heterocycles. The monoisotopic (exact) mass is 292 g/mol. The first kappa shape index (κ1) is 15.0. The molecule has 0 fully saturated rings. The summed E-state index contributed by atoms with van der Waals surface area (Å²) in [4.78, 5) is 0. The summed E-state index contributed by atoms with van der Waals surface area (Å²) in [6.07, 6.45) is 1.85. The summed E-state index contributed by atoms with van der Waals surface area (Å²) in [5.74, 6) is 2.49. The lowest BCUT2D eigenvalue weighted by Gasteiger charge is -2.15. The highest BCUT2D eigenvalue weighted by Crippen LogP contribution is 2.36. The van der Waals surface area contributed by atoms with E-state index in [1.54, 1.807) is 0 Å². The third-order valence-electron chi connectivity index (χ3n) is 3.13. The summed E-state index contributed by atoms with van der Waals surface area (Å²) in [7, 11) is 0. The molecule has 2 rings (SSSR count). The molecule has 108 valence electrons. The van der Waals surface area contributed by atoms with Crippen LogP contribution in [0.1, 0.15) is 25.3 Å². The molecule has 0 aromatic heterocycles. The molecule has 0 heterocycles. The third-order valence-corrected chi connectivity index (χ3v) is 3.40. The molecule has 0 saturated heterocycles. The van der Waals surface area contributed by atoms with Gasteiger partial charge < -0.3 is 9.47 Å². The Morgan fingerprint density at radius 2 is 1.80 bits per heavy atom. The fourth-order valence-corrected chi connectivity index (χ4v) is 2.31. The Hall–Kier alpha value is -1.41. The van der Waals surface area contributed by atoms with E-state index in [4.69, 9.17) is 21.1 Å². The van der Waals surface area contributed by atoms with Crippen LogP contribution in [0.3, 0.4) is 0 Å². The number of hydrogen-bond acceptors (Lipinski definition) is 2. The average Bonchev–Trinajstić information content (AvgIpc) is 2.47. The first-order valence-electron chi connectivity index (χ1n) is 7.11. The van der Waals surface area contributed by atoms with Gasteiger partial charge in [0.1, 0.15) is 11.5 Å². The van der Waals surface area contributed by atoms with Crippen molar-refractivity contribution in [2.75, 3.05) is 19.1 Å². The summed E-state index contributed by atoms with van der Waals surface area (Å²) in [6.45, 7) is 5.55. The number of rotatable bonds is 7. The molecule has 0 N–H and O–H groups in total. The minimum atomic E-state index is 0.620. The quantitative estimate of drug-likeness (QED) is 0.531. The number of aryl methyl sites for hydroxylation is 1. The molecule has 0 atom stereocenters. The lowest BCUT2D eigenvalue weighted by Crippen LogP contribution is -2.02. The van der Waals surface area contributed by atoms with Gasteiger partial charge in [0, 0.05) is 16.7 Å². The van der Waals surface area contributed by atoms with E-state index in [-0.39, 0.29) is 0 Å². The largest absolute Gasteiger partial charge is 0.493 e. The van der Waals surface area contributed by atoms with Gasteiger partial charge in [-0.15, -0.1) is 11.6 Å². The van der Waals surface area contributed by atoms with Crippen molar-refractivity contribution in [2.24, 2.45) is 0 Å². The molecule has 20 heavy (non-hydrogen) atoms. The molecular weight excluding hydrogens is 272 g/mol. The minimum Gasteiger partial charge on any atom is -0.493 e. The number of hydrogen-bond donors (Lipinski definition) is 0. The van der Waals surface area contributed by atoms with Crippen LogP contribution in [0.2, 0.25) is 0 Å². The Labute approximate surface area is 125 Å². The SMILES string of the molecule is CCCOc1c(C)cc(OCCCCl)c2ccccc12. The fraction of sp³-hybridized carbons (Fsp3) is 0.412. The van der Waals surface area contributed by atoms with Gasteiger partial charge in [-0.05, 0) is 31.4 Å². The van der Waals surface area contributed by atoms with Crippen molar-refractivity contribution in [1.29, 1.82) is 0 Å². The second-order valence-corrected chi connectivity index (χ2v) is 5.18. The third kappa shape index (κ3) is 3.37. The summed E-state index contributed by atoms with van der Waals surface area (Å²) in [5.41, 5.74) is 1.11. The van der Waals surface area contributed by atoms with Gasteiger partial charge in [-0.1, -0.05) is 31.2 Å². The predicted octanol–water partition coefficient (Wildman–Crippen LogP) is 4.94. The van der Waals surface area contributed by atoms with E-state index in [9.17, 15) is 0 Å². The normalized spacial score (nSPS) is 10.8. The zero-order valence-corrected chi connectivity index (χ0v) is 12.9. The van der Waals surface area contributed by atoms with E-state index in [1.807, 2.05) is 12.1 Å². The Balaban J connectivity index is 2.40. The van der Waals surface area contributed by atoms with Crippen molar-refractivity contribution in [2.45, 2.75) is 26.7 Å². The van der Waals surface area contributed by atoms with E-state index in [2.05, 4.69) is 32.0 Å². The molecular formula is C17H21ClO2. The van der Waals surface area contributed by atoms with Gasteiger partial charge in [0.05, 0.1) is 13.2 Å². The van der Waals surface area contributed by atoms with Crippen molar-refractivity contribution >= 4 is 22.4 Å². The lowest BCUT2D eigenvalue weighted by molar-refractivity contribution is 0.313. The van der Waals surface area contributed by atoms with Crippen LogP contribution in [0, 0.1) is 6.92 Å². The molecule has 2 aromatic carbocycles. The molecule has 2 nitrogen and oxygen atoms in total. The van der Waals surface area contributed by atoms with E-state index in [1.165, 1.54) is 0 Å². The maximum absolute atomic E-state index is 5.90. The highest BCUT2D eigenvalue weighted by atomic mass is 35.5. The van der Waals surface area contributed by atoms with Gasteiger partial charge in [0.2, 0.25) is 0 Å². The summed E-state index contributed by atoms with van der Waals surface area (Å²) in [5, 5.41) is 2.21. The maximum Gasteiger partial charge on any atom is 0.130 e. The fourth-order valence-electron chi connectivity index (χ4n) is 2.20. The molecule has 0 saturated carbocycles. The first-order valence-corrected chi connectivity index (χ1v) is 7.65. The van der Waals surface area contributed by atoms with Gasteiger partial charge in [0.15, 0.2) is 0 Å². The highest BCUT2D eigenvalue weighted by Gasteiger charge is 2.11. The van der Waals surface area contributed by atoms with Crippen molar-refractivity contribution in [1.82, 2.24) is 0 Å². The van der Waals surface area contributed by atoms with Crippen LogP contribution in [0.15, 0.2) is 30.3 Å². The molecule has 0 bridgehead atoms. The Morgan fingerprint density at radius 3 is 2.50 bits per heavy atom. The lowest BCUT2D eigenvalue weighted by atomic mass is 10.0. The summed E-state index contributed by atoms with van der Waals surface area (Å²) >= 11 is 5.70. The smallest absolute Gasteiger partial charge is 0.130 e. The van der Waals surface area contributed by atoms with E-state index in [0.717, 1.165) is 47.3 Å². The zero-order chi connectivity index (χ0) is 14.4. The minimum absolute atomic E-state index is 0.620. The molecule has 0 aliphatic carbocycles. The zero-order valence-electron chi connectivity index (χ0n) is 12.1. The van der Waals surface area contributed by atoms with Gasteiger partial charge in [0.25, 0.3) is 0 Å². The highest BCUT2D eigenvalue weighted by molar-refractivity contribution is 6.17. The van der Waals surface area contributed by atoms with Crippen LogP contribution in [-0.4, -0.2) is 19.1 Å². The van der Waals surface area contributed by atoms with Gasteiger partial charge in [-0.3, -0.25) is 0 Å². The average molecular weight is 293 g/mol. The standard InChI is InChI=1S/C17H21ClO2/c1-3-10-20-17-13(2)12-16(19-11-6-9-18)14-7-4-5-8-15(14)17/h4-5,7-8,12H,3,6,9-11H2,1-2H3. The molecule has 0 aliphatic rings. The Bertz CT molecular complexity index is 566. The van der Waals surface area contributed by atoms with Crippen LogP contribution in [0.5, 0.6) is 11.5 Å². The van der Waals surface area contributed by atoms with E-state index in [0.29, 0.717) is 12.5 Å². The van der Waals surface area contributed by atoms with Crippen molar-refractivity contribution in [3.63, 3.8) is 0 Å².